The molecule has 4 atom stereocenters. The van der Waals surface area contributed by atoms with Crippen LogP contribution < -0.4 is 5.90 Å². The first-order valence-corrected chi connectivity index (χ1v) is 4.08. The van der Waals surface area contributed by atoms with Gasteiger partial charge in [-0.2, -0.15) is 0 Å². The quantitative estimate of drug-likeness (QED) is 0.231. The third kappa shape index (κ3) is 3.70. The van der Waals surface area contributed by atoms with Crippen molar-refractivity contribution >= 4 is 5.97 Å². The number of hydrogen-bond donors (Lipinski definition) is 5. The van der Waals surface area contributed by atoms with E-state index in [1.807, 2.05) is 0 Å². The van der Waals surface area contributed by atoms with Crippen LogP contribution in [0.5, 0.6) is 0 Å². The van der Waals surface area contributed by atoms with E-state index < -0.39 is 37.0 Å². The van der Waals surface area contributed by atoms with Crippen molar-refractivity contribution in [2.75, 3.05) is 13.7 Å². The standard InChI is InChI=1S/C7H15NO7/c1-14-7(13)6(15-8)5(12)4(11)3(10)2-9/h3-6,9-12H,2,8H2,1H3/t3-,4-,5+,6-/m1/s1. The Labute approximate surface area is 85.8 Å². The van der Waals surface area contributed by atoms with Crippen molar-refractivity contribution in [1.29, 1.82) is 0 Å². The Morgan fingerprint density at radius 2 is 1.87 bits per heavy atom. The first-order valence-electron chi connectivity index (χ1n) is 4.08. The molecule has 0 saturated carbocycles. The Hall–Kier alpha value is -0.770. The summed E-state index contributed by atoms with van der Waals surface area (Å²) in [6, 6.07) is 0. The molecule has 0 aliphatic carbocycles. The van der Waals surface area contributed by atoms with Crippen molar-refractivity contribution in [2.45, 2.75) is 24.4 Å². The van der Waals surface area contributed by atoms with Gasteiger partial charge in [-0.25, -0.2) is 10.7 Å². The number of esters is 1. The van der Waals surface area contributed by atoms with E-state index in [1.165, 1.54) is 0 Å². The fourth-order valence-electron chi connectivity index (χ4n) is 0.906. The van der Waals surface area contributed by atoms with E-state index in [4.69, 9.17) is 16.1 Å². The Morgan fingerprint density at radius 3 is 2.20 bits per heavy atom. The van der Waals surface area contributed by atoms with Crippen LogP contribution in [0.15, 0.2) is 0 Å². The van der Waals surface area contributed by atoms with E-state index in [9.17, 15) is 15.0 Å². The number of nitrogens with two attached hydrogens (primary N) is 1. The first kappa shape index (κ1) is 14.2. The lowest BCUT2D eigenvalue weighted by Gasteiger charge is -2.25. The van der Waals surface area contributed by atoms with Gasteiger partial charge in [0.2, 0.25) is 6.10 Å². The van der Waals surface area contributed by atoms with Crippen LogP contribution in [0, 0.1) is 0 Å². The van der Waals surface area contributed by atoms with E-state index in [1.54, 1.807) is 0 Å². The third-order valence-corrected chi connectivity index (χ3v) is 1.82. The minimum Gasteiger partial charge on any atom is -0.467 e. The summed E-state index contributed by atoms with van der Waals surface area (Å²) < 4.78 is 4.23. The first-order chi connectivity index (χ1) is 6.99. The number of aliphatic hydroxyl groups is 4. The van der Waals surface area contributed by atoms with Crippen molar-refractivity contribution in [2.24, 2.45) is 5.90 Å². The summed E-state index contributed by atoms with van der Waals surface area (Å²) in [6.45, 7) is -0.781. The Kier molecular flexibility index (Phi) is 6.32. The molecule has 0 aromatic rings. The molecule has 0 aromatic carbocycles. The van der Waals surface area contributed by atoms with E-state index >= 15 is 0 Å². The van der Waals surface area contributed by atoms with Gasteiger partial charge in [0.15, 0.2) is 0 Å². The molecule has 0 radical (unpaired) electrons. The lowest BCUT2D eigenvalue weighted by molar-refractivity contribution is -0.176. The van der Waals surface area contributed by atoms with E-state index in [2.05, 4.69) is 9.57 Å². The van der Waals surface area contributed by atoms with Crippen LogP contribution >= 0.6 is 0 Å². The van der Waals surface area contributed by atoms with Crippen LogP contribution in [-0.2, 0) is 14.4 Å². The van der Waals surface area contributed by atoms with Gasteiger partial charge >= 0.3 is 5.97 Å². The Bertz CT molecular complexity index is 200. The number of carbonyl (C=O) groups excluding carboxylic acids is 1. The predicted molar refractivity (Wildman–Crippen MR) is 46.2 cm³/mol. The summed E-state index contributed by atoms with van der Waals surface area (Å²) in [7, 11) is 1.04. The monoisotopic (exact) mass is 225 g/mol. The lowest BCUT2D eigenvalue weighted by Crippen LogP contribution is -2.50. The lowest BCUT2D eigenvalue weighted by atomic mass is 10.0. The average Bonchev–Trinajstić information content (AvgIpc) is 2.27. The average molecular weight is 225 g/mol. The highest BCUT2D eigenvalue weighted by Crippen LogP contribution is 2.08. The second kappa shape index (κ2) is 6.67. The normalized spacial score (nSPS) is 19.1. The summed E-state index contributed by atoms with van der Waals surface area (Å²) in [5.74, 6) is 3.71. The number of rotatable bonds is 6. The number of ether oxygens (including phenoxy) is 1. The molecule has 0 bridgehead atoms. The van der Waals surface area contributed by atoms with Gasteiger partial charge in [0.05, 0.1) is 13.7 Å². The topological polar surface area (TPSA) is 142 Å². The van der Waals surface area contributed by atoms with Crippen LogP contribution in [-0.4, -0.2) is 64.5 Å². The second-order valence-electron chi connectivity index (χ2n) is 2.81. The Morgan fingerprint density at radius 1 is 1.33 bits per heavy atom. The highest BCUT2D eigenvalue weighted by atomic mass is 16.7. The van der Waals surface area contributed by atoms with Crippen molar-refractivity contribution in [3.8, 4) is 0 Å². The molecule has 8 heteroatoms. The smallest absolute Gasteiger partial charge is 0.339 e. The maximum atomic E-state index is 11.0. The summed E-state index contributed by atoms with van der Waals surface area (Å²) >= 11 is 0. The second-order valence-corrected chi connectivity index (χ2v) is 2.81. The minimum atomic E-state index is -1.80. The summed E-state index contributed by atoms with van der Waals surface area (Å²) in [5.41, 5.74) is 0. The zero-order valence-electron chi connectivity index (χ0n) is 8.11. The van der Waals surface area contributed by atoms with Gasteiger partial charge in [-0.1, -0.05) is 0 Å². The van der Waals surface area contributed by atoms with Gasteiger partial charge < -0.3 is 25.2 Å². The molecular weight excluding hydrogens is 210 g/mol. The van der Waals surface area contributed by atoms with Crippen LogP contribution in [0.25, 0.3) is 0 Å². The van der Waals surface area contributed by atoms with Crippen LogP contribution in [0.4, 0.5) is 0 Å². The molecule has 6 N–H and O–H groups in total. The zero-order chi connectivity index (χ0) is 12.0. The molecule has 15 heavy (non-hydrogen) atoms. The maximum absolute atomic E-state index is 11.0. The van der Waals surface area contributed by atoms with Crippen molar-refractivity contribution in [3.63, 3.8) is 0 Å². The van der Waals surface area contributed by atoms with Gasteiger partial charge in [0.25, 0.3) is 0 Å². The van der Waals surface area contributed by atoms with Gasteiger partial charge in [-0.15, -0.1) is 0 Å². The van der Waals surface area contributed by atoms with Crippen LogP contribution in [0.3, 0.4) is 0 Å². The number of aliphatic hydroxyl groups excluding tert-OH is 4. The minimum absolute atomic E-state index is 0.781. The van der Waals surface area contributed by atoms with Crippen molar-refractivity contribution < 1.29 is 34.8 Å². The van der Waals surface area contributed by atoms with Crippen LogP contribution in [0.2, 0.25) is 0 Å². The third-order valence-electron chi connectivity index (χ3n) is 1.82. The highest BCUT2D eigenvalue weighted by molar-refractivity contribution is 5.75. The van der Waals surface area contributed by atoms with Crippen LogP contribution in [0.1, 0.15) is 0 Å². The van der Waals surface area contributed by atoms with E-state index in [0.29, 0.717) is 0 Å². The number of hydrogen-bond acceptors (Lipinski definition) is 8. The van der Waals surface area contributed by atoms with E-state index in [-0.39, 0.29) is 0 Å². The molecule has 0 saturated heterocycles. The molecule has 8 nitrogen and oxygen atoms in total. The number of carbonyl (C=O) groups is 1. The van der Waals surface area contributed by atoms with Crippen molar-refractivity contribution in [1.82, 2.24) is 0 Å². The molecule has 0 aliphatic heterocycles. The molecule has 0 aliphatic rings. The summed E-state index contributed by atoms with van der Waals surface area (Å²) in [6.07, 6.45) is -6.82. The van der Waals surface area contributed by atoms with Gasteiger partial charge in [0.1, 0.15) is 18.3 Å². The molecular formula is C7H15NO7. The number of methoxy groups -OCH3 is 1. The largest absolute Gasteiger partial charge is 0.467 e. The molecule has 0 amide bonds. The van der Waals surface area contributed by atoms with Gasteiger partial charge in [0, 0.05) is 0 Å². The van der Waals surface area contributed by atoms with E-state index in [0.717, 1.165) is 7.11 Å². The fourth-order valence-corrected chi connectivity index (χ4v) is 0.906. The summed E-state index contributed by atoms with van der Waals surface area (Å²) in [5, 5.41) is 36.1. The van der Waals surface area contributed by atoms with Gasteiger partial charge in [-0.05, 0) is 0 Å². The molecule has 0 unspecified atom stereocenters. The SMILES string of the molecule is COC(=O)[C@H](ON)[C@@H](O)[C@H](O)[C@H](O)CO. The predicted octanol–water partition coefficient (Wildman–Crippen LogP) is -3.51. The molecule has 0 heterocycles. The zero-order valence-corrected chi connectivity index (χ0v) is 8.11. The fraction of sp³-hybridized carbons (Fsp3) is 0.857. The molecule has 90 valence electrons. The molecule has 0 aromatic heterocycles. The molecule has 0 fully saturated rings. The molecule has 0 rings (SSSR count). The van der Waals surface area contributed by atoms with Crippen molar-refractivity contribution in [3.05, 3.63) is 0 Å². The maximum Gasteiger partial charge on any atom is 0.339 e. The highest BCUT2D eigenvalue weighted by Gasteiger charge is 2.36. The summed E-state index contributed by atoms with van der Waals surface area (Å²) in [4.78, 5) is 15.1. The van der Waals surface area contributed by atoms with Gasteiger partial charge in [-0.3, -0.25) is 4.84 Å². The Balaban J connectivity index is 4.50. The molecule has 0 spiro atoms.